The van der Waals surface area contributed by atoms with Gasteiger partial charge in [-0.15, -0.1) is 0 Å². The molecule has 0 aliphatic rings. The van der Waals surface area contributed by atoms with Gasteiger partial charge >= 0.3 is 0 Å². The Morgan fingerprint density at radius 1 is 0.840 bits per heavy atom. The molecule has 0 bridgehead atoms. The zero-order valence-electron chi connectivity index (χ0n) is 13.7. The van der Waals surface area contributed by atoms with Crippen LogP contribution in [0.25, 0.3) is 22.4 Å². The molecule has 0 amide bonds. The van der Waals surface area contributed by atoms with Gasteiger partial charge in [0.05, 0.1) is 5.56 Å². The molecule has 124 valence electrons. The Hall–Kier alpha value is -2.78. The first kappa shape index (κ1) is 15.7. The van der Waals surface area contributed by atoms with Crippen LogP contribution in [-0.4, -0.2) is 11.6 Å². The van der Waals surface area contributed by atoms with Crippen LogP contribution in [0.3, 0.4) is 0 Å². The van der Waals surface area contributed by atoms with Crippen LogP contribution in [0.4, 0.5) is 0 Å². The molecule has 0 aliphatic heterocycles. The normalized spacial score (nSPS) is 10.9. The van der Waals surface area contributed by atoms with E-state index in [4.69, 9.17) is 16.3 Å². The molecule has 0 saturated heterocycles. The van der Waals surface area contributed by atoms with Crippen LogP contribution in [0.5, 0.6) is 5.75 Å². The van der Waals surface area contributed by atoms with Gasteiger partial charge in [0.2, 0.25) is 0 Å². The molecule has 1 N–H and O–H groups in total. The van der Waals surface area contributed by atoms with Crippen LogP contribution in [0.15, 0.2) is 78.9 Å². The summed E-state index contributed by atoms with van der Waals surface area (Å²) in [6.07, 6.45) is 0. The zero-order valence-corrected chi connectivity index (χ0v) is 14.4. The van der Waals surface area contributed by atoms with Gasteiger partial charge in [-0.1, -0.05) is 41.9 Å². The highest BCUT2D eigenvalue weighted by Crippen LogP contribution is 2.19. The maximum Gasteiger partial charge on any atom is 0.287 e. The number of halogens is 1. The fourth-order valence-electron chi connectivity index (χ4n) is 2.97. The van der Waals surface area contributed by atoms with Gasteiger partial charge in [-0.05, 0) is 48.5 Å². The molecule has 4 heteroatoms. The Morgan fingerprint density at radius 3 is 2.36 bits per heavy atom. The van der Waals surface area contributed by atoms with Crippen LogP contribution in [0.1, 0.15) is 0 Å². The van der Waals surface area contributed by atoms with Crippen LogP contribution in [0, 0.1) is 0 Å². The molecule has 25 heavy (non-hydrogen) atoms. The van der Waals surface area contributed by atoms with Gasteiger partial charge in [0.15, 0.2) is 11.0 Å². The molecule has 0 fully saturated rings. The van der Waals surface area contributed by atoms with E-state index >= 15 is 0 Å². The van der Waals surface area contributed by atoms with Gasteiger partial charge in [-0.25, -0.2) is 9.55 Å². The van der Waals surface area contributed by atoms with Crippen LogP contribution >= 0.6 is 11.6 Å². The molecule has 4 aromatic rings. The fraction of sp³-hybridized carbons (Fsp3) is 0.0952. The number of nitrogens with one attached hydrogen (secondary N) is 1. The minimum absolute atomic E-state index is 0.577. The number of para-hydroxylation sites is 2. The number of ether oxygens (including phenoxy) is 1. The third kappa shape index (κ3) is 3.37. The summed E-state index contributed by atoms with van der Waals surface area (Å²) < 4.78 is 8.15. The summed E-state index contributed by atoms with van der Waals surface area (Å²) in [6, 6.07) is 26.1. The van der Waals surface area contributed by atoms with Crippen molar-refractivity contribution in [3.8, 4) is 17.1 Å². The third-order valence-electron chi connectivity index (χ3n) is 4.16. The van der Waals surface area contributed by atoms with Gasteiger partial charge in [-0.3, -0.25) is 0 Å². The summed E-state index contributed by atoms with van der Waals surface area (Å²) in [6.45, 7) is 1.32. The molecule has 0 saturated carbocycles. The molecule has 3 aromatic carbocycles. The van der Waals surface area contributed by atoms with E-state index in [0.717, 1.165) is 29.2 Å². The van der Waals surface area contributed by atoms with Crippen LogP contribution in [-0.2, 0) is 6.54 Å². The van der Waals surface area contributed by atoms with Crippen molar-refractivity contribution in [1.29, 1.82) is 0 Å². The summed E-state index contributed by atoms with van der Waals surface area (Å²) in [7, 11) is 0. The van der Waals surface area contributed by atoms with Crippen molar-refractivity contribution < 1.29 is 9.30 Å². The number of benzene rings is 3. The maximum atomic E-state index is 5.92. The first-order valence-corrected chi connectivity index (χ1v) is 8.63. The van der Waals surface area contributed by atoms with Crippen molar-refractivity contribution in [3.63, 3.8) is 0 Å². The number of rotatable bonds is 5. The molecule has 0 spiro atoms. The fourth-order valence-corrected chi connectivity index (χ4v) is 3.10. The highest BCUT2D eigenvalue weighted by atomic mass is 35.5. The Labute approximate surface area is 151 Å². The first-order valence-electron chi connectivity index (χ1n) is 8.25. The van der Waals surface area contributed by atoms with Gasteiger partial charge in [0.25, 0.3) is 5.82 Å². The topological polar surface area (TPSA) is 28.9 Å². The van der Waals surface area contributed by atoms with E-state index in [2.05, 4.69) is 52.0 Å². The Bertz CT molecular complexity index is 978. The number of aromatic amines is 1. The summed E-state index contributed by atoms with van der Waals surface area (Å²) in [4.78, 5) is 3.53. The van der Waals surface area contributed by atoms with Gasteiger partial charge in [0.1, 0.15) is 18.9 Å². The van der Waals surface area contributed by atoms with Crippen molar-refractivity contribution in [2.75, 3.05) is 6.61 Å². The Morgan fingerprint density at radius 2 is 1.56 bits per heavy atom. The second-order valence-electron chi connectivity index (χ2n) is 5.81. The summed E-state index contributed by atoms with van der Waals surface area (Å²) in [5, 5.41) is 0.713. The molecule has 0 atom stereocenters. The second kappa shape index (κ2) is 6.99. The van der Waals surface area contributed by atoms with Crippen molar-refractivity contribution in [2.24, 2.45) is 0 Å². The molecule has 0 aliphatic carbocycles. The highest BCUT2D eigenvalue weighted by molar-refractivity contribution is 6.30. The lowest BCUT2D eigenvalue weighted by Gasteiger charge is -2.06. The third-order valence-corrected chi connectivity index (χ3v) is 4.41. The van der Waals surface area contributed by atoms with Crippen molar-refractivity contribution in [1.82, 2.24) is 4.98 Å². The number of hydrogen-bond donors (Lipinski definition) is 1. The molecule has 3 nitrogen and oxygen atoms in total. The number of aromatic nitrogens is 2. The van der Waals surface area contributed by atoms with E-state index in [-0.39, 0.29) is 0 Å². The molecule has 0 radical (unpaired) electrons. The second-order valence-corrected chi connectivity index (χ2v) is 6.25. The number of imidazole rings is 1. The number of fused-ring (bicyclic) bond motifs is 1. The van der Waals surface area contributed by atoms with E-state index < -0.39 is 0 Å². The molecule has 1 heterocycles. The first-order chi connectivity index (χ1) is 12.3. The molecule has 4 rings (SSSR count). The summed E-state index contributed by atoms with van der Waals surface area (Å²) in [5.41, 5.74) is 3.44. The number of H-pyrrole nitrogens is 1. The van der Waals surface area contributed by atoms with Gasteiger partial charge in [-0.2, -0.15) is 0 Å². The molecule has 0 unspecified atom stereocenters. The van der Waals surface area contributed by atoms with Crippen LogP contribution < -0.4 is 9.30 Å². The predicted octanol–water partition coefficient (Wildman–Crippen LogP) is 4.85. The summed E-state index contributed by atoms with van der Waals surface area (Å²) in [5.74, 6) is 1.91. The van der Waals surface area contributed by atoms with E-state index in [1.807, 2.05) is 36.4 Å². The average Bonchev–Trinajstić information content (AvgIpc) is 3.03. The predicted molar refractivity (Wildman–Crippen MR) is 101 cm³/mol. The minimum atomic E-state index is 0.577. The van der Waals surface area contributed by atoms with Crippen molar-refractivity contribution in [3.05, 3.63) is 83.9 Å². The van der Waals surface area contributed by atoms with E-state index in [9.17, 15) is 0 Å². The van der Waals surface area contributed by atoms with E-state index in [0.29, 0.717) is 11.6 Å². The van der Waals surface area contributed by atoms with Gasteiger partial charge < -0.3 is 4.74 Å². The smallest absolute Gasteiger partial charge is 0.287 e. The quantitative estimate of drug-likeness (QED) is 0.512. The molecular weight excluding hydrogens is 332 g/mol. The van der Waals surface area contributed by atoms with E-state index in [1.54, 1.807) is 0 Å². The SMILES string of the molecule is Clc1ccc(OCC[n+]2c(-c3ccccc3)[nH]c3ccccc32)cc1. The lowest BCUT2D eigenvalue weighted by Crippen LogP contribution is -2.37. The van der Waals surface area contributed by atoms with Crippen molar-refractivity contribution in [2.45, 2.75) is 6.54 Å². The number of hydrogen-bond acceptors (Lipinski definition) is 1. The average molecular weight is 350 g/mol. The van der Waals surface area contributed by atoms with Crippen LogP contribution in [0.2, 0.25) is 5.02 Å². The maximum absolute atomic E-state index is 5.92. The molecule has 1 aromatic heterocycles. The lowest BCUT2D eigenvalue weighted by molar-refractivity contribution is -0.660. The van der Waals surface area contributed by atoms with Crippen molar-refractivity contribution >= 4 is 22.6 Å². The summed E-state index contributed by atoms with van der Waals surface area (Å²) >= 11 is 5.92. The van der Waals surface area contributed by atoms with Gasteiger partial charge in [0, 0.05) is 5.02 Å². The standard InChI is InChI=1S/C21H17ClN2O/c22-17-10-12-18(13-11-17)25-15-14-24-20-9-5-4-8-19(20)23-21(24)16-6-2-1-3-7-16/h1-13H,14-15H2/p+1. The highest BCUT2D eigenvalue weighted by Gasteiger charge is 2.19. The molecular formula is C21H18ClN2O+. The largest absolute Gasteiger partial charge is 0.489 e. The minimum Gasteiger partial charge on any atom is -0.489 e. The monoisotopic (exact) mass is 349 g/mol. The number of nitrogens with zero attached hydrogens (tertiary/aromatic N) is 1. The lowest BCUT2D eigenvalue weighted by atomic mass is 10.2. The Balaban J connectivity index is 1.62. The zero-order chi connectivity index (χ0) is 17.1. The Kier molecular flexibility index (Phi) is 4.40. The van der Waals surface area contributed by atoms with E-state index in [1.165, 1.54) is 5.52 Å².